The molecular weight excluding hydrogens is 190 g/mol. The molecule has 0 spiro atoms. The number of oxazole rings is 1. The molecular formula is C8H13NOS2. The van der Waals surface area contributed by atoms with Crippen molar-refractivity contribution in [2.24, 2.45) is 0 Å². The zero-order chi connectivity index (χ0) is 9.14. The van der Waals surface area contributed by atoms with E-state index in [-0.39, 0.29) is 5.25 Å². The highest BCUT2D eigenvalue weighted by Gasteiger charge is 2.15. The van der Waals surface area contributed by atoms with E-state index in [0.29, 0.717) is 0 Å². The Hall–Kier alpha value is -0.0900. The number of aromatic nitrogens is 1. The van der Waals surface area contributed by atoms with Crippen LogP contribution in [0.1, 0.15) is 35.9 Å². The third kappa shape index (κ3) is 1.98. The van der Waals surface area contributed by atoms with E-state index in [9.17, 15) is 0 Å². The summed E-state index contributed by atoms with van der Waals surface area (Å²) in [4.78, 5) is 4.32. The van der Waals surface area contributed by atoms with E-state index in [4.69, 9.17) is 4.42 Å². The molecule has 0 bridgehead atoms. The Labute approximate surface area is 81.9 Å². The standard InChI is InChI=1S/C8H13NOS2/c1-4-7(12-11)8-9-5(2)6(3)10-8/h7,11H,4H2,1-3H3. The average Bonchev–Trinajstić information content (AvgIpc) is 2.35. The van der Waals surface area contributed by atoms with Crippen LogP contribution in [0.3, 0.4) is 0 Å². The number of thiol groups is 1. The molecule has 0 N–H and O–H groups in total. The lowest BCUT2D eigenvalue weighted by Gasteiger charge is -2.04. The second kappa shape index (κ2) is 4.23. The molecule has 0 saturated heterocycles. The van der Waals surface area contributed by atoms with Gasteiger partial charge in [-0.05, 0) is 20.3 Å². The van der Waals surface area contributed by atoms with E-state index in [2.05, 4.69) is 23.6 Å². The minimum atomic E-state index is 0.278. The Morgan fingerprint density at radius 3 is 2.58 bits per heavy atom. The smallest absolute Gasteiger partial charge is 0.208 e. The van der Waals surface area contributed by atoms with Crippen molar-refractivity contribution in [3.8, 4) is 0 Å². The predicted molar refractivity (Wildman–Crippen MR) is 55.6 cm³/mol. The van der Waals surface area contributed by atoms with Crippen molar-refractivity contribution < 1.29 is 4.42 Å². The SMILES string of the molecule is CCC(SS)c1nc(C)c(C)o1. The van der Waals surface area contributed by atoms with Crippen LogP contribution in [0.25, 0.3) is 0 Å². The molecule has 1 aromatic rings. The Kier molecular flexibility index (Phi) is 3.53. The fourth-order valence-electron chi connectivity index (χ4n) is 0.930. The monoisotopic (exact) mass is 203 g/mol. The van der Waals surface area contributed by atoms with Crippen LogP contribution >= 0.6 is 22.5 Å². The van der Waals surface area contributed by atoms with E-state index >= 15 is 0 Å². The lowest BCUT2D eigenvalue weighted by Crippen LogP contribution is -1.89. The van der Waals surface area contributed by atoms with Gasteiger partial charge in [0.15, 0.2) is 0 Å². The Morgan fingerprint density at radius 2 is 2.25 bits per heavy atom. The molecule has 2 nitrogen and oxygen atoms in total. The molecule has 0 aliphatic carbocycles. The molecule has 0 aliphatic rings. The van der Waals surface area contributed by atoms with Crippen molar-refractivity contribution in [1.29, 1.82) is 0 Å². The van der Waals surface area contributed by atoms with Gasteiger partial charge in [0.2, 0.25) is 5.89 Å². The van der Waals surface area contributed by atoms with Gasteiger partial charge in [-0.1, -0.05) is 17.7 Å². The fourth-order valence-corrected chi connectivity index (χ4v) is 1.99. The molecule has 4 heteroatoms. The molecule has 1 atom stereocenters. The first kappa shape index (κ1) is 9.99. The number of hydrogen-bond acceptors (Lipinski definition) is 4. The van der Waals surface area contributed by atoms with Gasteiger partial charge in [0.25, 0.3) is 0 Å². The van der Waals surface area contributed by atoms with Crippen molar-refractivity contribution >= 4 is 22.5 Å². The van der Waals surface area contributed by atoms with Crippen LogP contribution in [-0.2, 0) is 0 Å². The highest BCUT2D eigenvalue weighted by atomic mass is 33.1. The maximum Gasteiger partial charge on any atom is 0.208 e. The number of rotatable bonds is 3. The zero-order valence-corrected chi connectivity index (χ0v) is 9.21. The Morgan fingerprint density at radius 1 is 1.58 bits per heavy atom. The number of hydrogen-bond donors (Lipinski definition) is 1. The van der Waals surface area contributed by atoms with E-state index in [1.54, 1.807) is 0 Å². The quantitative estimate of drug-likeness (QED) is 0.603. The summed E-state index contributed by atoms with van der Waals surface area (Å²) in [7, 11) is 1.48. The summed E-state index contributed by atoms with van der Waals surface area (Å²) in [5.41, 5.74) is 0.978. The normalized spacial score (nSPS) is 13.3. The van der Waals surface area contributed by atoms with Crippen LogP contribution in [-0.4, -0.2) is 4.98 Å². The highest BCUT2D eigenvalue weighted by molar-refractivity contribution is 8.68. The Balaban J connectivity index is 2.86. The van der Waals surface area contributed by atoms with Gasteiger partial charge >= 0.3 is 0 Å². The van der Waals surface area contributed by atoms with Crippen molar-refractivity contribution in [3.63, 3.8) is 0 Å². The van der Waals surface area contributed by atoms with Crippen LogP contribution < -0.4 is 0 Å². The van der Waals surface area contributed by atoms with Crippen LogP contribution in [0.2, 0.25) is 0 Å². The molecule has 68 valence electrons. The third-order valence-corrected chi connectivity index (χ3v) is 3.37. The zero-order valence-electron chi connectivity index (χ0n) is 7.50. The number of nitrogens with zero attached hydrogens (tertiary/aromatic N) is 1. The molecule has 1 unspecified atom stereocenters. The van der Waals surface area contributed by atoms with Gasteiger partial charge in [0.1, 0.15) is 5.76 Å². The molecule has 0 aliphatic heterocycles. The van der Waals surface area contributed by atoms with E-state index in [1.807, 2.05) is 13.8 Å². The summed E-state index contributed by atoms with van der Waals surface area (Å²) >= 11 is 4.17. The average molecular weight is 203 g/mol. The van der Waals surface area contributed by atoms with Gasteiger partial charge in [-0.2, -0.15) is 0 Å². The van der Waals surface area contributed by atoms with Crippen LogP contribution in [0.4, 0.5) is 0 Å². The molecule has 0 amide bonds. The minimum absolute atomic E-state index is 0.278. The number of aryl methyl sites for hydroxylation is 2. The molecule has 0 saturated carbocycles. The molecule has 0 radical (unpaired) electrons. The van der Waals surface area contributed by atoms with Crippen molar-refractivity contribution in [1.82, 2.24) is 4.98 Å². The second-order valence-corrected chi connectivity index (χ2v) is 4.11. The largest absolute Gasteiger partial charge is 0.444 e. The van der Waals surface area contributed by atoms with Crippen molar-refractivity contribution in [3.05, 3.63) is 17.3 Å². The molecule has 1 rings (SSSR count). The molecule has 0 aromatic carbocycles. The van der Waals surface area contributed by atoms with E-state index in [0.717, 1.165) is 23.8 Å². The van der Waals surface area contributed by atoms with Crippen LogP contribution in [0.5, 0.6) is 0 Å². The molecule has 12 heavy (non-hydrogen) atoms. The first-order chi connectivity index (χ1) is 5.69. The van der Waals surface area contributed by atoms with Crippen LogP contribution in [0, 0.1) is 13.8 Å². The minimum Gasteiger partial charge on any atom is -0.444 e. The maximum atomic E-state index is 5.48. The van der Waals surface area contributed by atoms with Gasteiger partial charge in [-0.3, -0.25) is 0 Å². The van der Waals surface area contributed by atoms with Crippen molar-refractivity contribution in [2.75, 3.05) is 0 Å². The van der Waals surface area contributed by atoms with Gasteiger partial charge in [0, 0.05) is 0 Å². The Bertz CT molecular complexity index is 236. The fraction of sp³-hybridized carbons (Fsp3) is 0.625. The molecule has 1 heterocycles. The van der Waals surface area contributed by atoms with E-state index in [1.165, 1.54) is 10.8 Å². The summed E-state index contributed by atoms with van der Waals surface area (Å²) in [6.45, 7) is 5.99. The molecule has 0 fully saturated rings. The second-order valence-electron chi connectivity index (χ2n) is 2.70. The van der Waals surface area contributed by atoms with Crippen molar-refractivity contribution in [2.45, 2.75) is 32.4 Å². The summed E-state index contributed by atoms with van der Waals surface area (Å²) in [6, 6.07) is 0. The third-order valence-electron chi connectivity index (χ3n) is 1.82. The predicted octanol–water partition coefficient (Wildman–Crippen LogP) is 3.32. The first-order valence-electron chi connectivity index (χ1n) is 3.93. The lowest BCUT2D eigenvalue weighted by molar-refractivity contribution is 0.465. The van der Waals surface area contributed by atoms with Gasteiger partial charge in [-0.25, -0.2) is 4.98 Å². The van der Waals surface area contributed by atoms with Crippen LogP contribution in [0.15, 0.2) is 4.42 Å². The van der Waals surface area contributed by atoms with E-state index < -0.39 is 0 Å². The lowest BCUT2D eigenvalue weighted by atomic mass is 10.3. The maximum absolute atomic E-state index is 5.48. The first-order valence-corrected chi connectivity index (χ1v) is 5.86. The summed E-state index contributed by atoms with van der Waals surface area (Å²) in [5, 5.41) is 0.278. The van der Waals surface area contributed by atoms with Gasteiger partial charge in [-0.15, -0.1) is 11.7 Å². The molecule has 1 aromatic heterocycles. The topological polar surface area (TPSA) is 26.0 Å². The summed E-state index contributed by atoms with van der Waals surface area (Å²) < 4.78 is 5.48. The van der Waals surface area contributed by atoms with Gasteiger partial charge < -0.3 is 4.42 Å². The summed E-state index contributed by atoms with van der Waals surface area (Å²) in [6.07, 6.45) is 0.994. The highest BCUT2D eigenvalue weighted by Crippen LogP contribution is 2.34. The summed E-state index contributed by atoms with van der Waals surface area (Å²) in [5.74, 6) is 1.71. The van der Waals surface area contributed by atoms with Gasteiger partial charge in [0.05, 0.1) is 10.9 Å².